The lowest BCUT2D eigenvalue weighted by Crippen LogP contribution is -2.48. The van der Waals surface area contributed by atoms with E-state index in [2.05, 4.69) is 22.9 Å². The fourth-order valence-corrected chi connectivity index (χ4v) is 2.13. The first-order valence-corrected chi connectivity index (χ1v) is 6.54. The third-order valence-corrected chi connectivity index (χ3v) is 3.45. The van der Waals surface area contributed by atoms with Crippen LogP contribution in [0.15, 0.2) is 24.3 Å². The Labute approximate surface area is 112 Å². The van der Waals surface area contributed by atoms with Gasteiger partial charge in [0.15, 0.2) is 0 Å². The lowest BCUT2D eigenvalue weighted by Gasteiger charge is -2.24. The van der Waals surface area contributed by atoms with E-state index in [9.17, 15) is 9.18 Å². The number of nitrogens with one attached hydrogen (secondary N) is 3. The van der Waals surface area contributed by atoms with Crippen LogP contribution in [0.1, 0.15) is 18.9 Å². The molecule has 1 heterocycles. The van der Waals surface area contributed by atoms with Crippen molar-refractivity contribution in [1.82, 2.24) is 16.0 Å². The van der Waals surface area contributed by atoms with Gasteiger partial charge in [-0.05, 0) is 37.6 Å². The first kappa shape index (κ1) is 14.0. The standard InChI is InChI=1S/C14H20FN3O/c1-14(6-7-16-10-14)18-9-13(19)17-8-11-2-4-12(15)5-3-11/h2-5,16,18H,6-10H2,1H3,(H,17,19). The highest BCUT2D eigenvalue weighted by Crippen LogP contribution is 2.12. The van der Waals surface area contributed by atoms with Gasteiger partial charge in [0, 0.05) is 18.6 Å². The van der Waals surface area contributed by atoms with Crippen LogP contribution in [0.2, 0.25) is 0 Å². The number of hydrogen-bond donors (Lipinski definition) is 3. The molecule has 4 nitrogen and oxygen atoms in total. The maximum atomic E-state index is 12.7. The second kappa shape index (κ2) is 6.12. The van der Waals surface area contributed by atoms with E-state index in [0.717, 1.165) is 25.1 Å². The molecule has 1 aromatic rings. The van der Waals surface area contributed by atoms with Crippen molar-refractivity contribution < 1.29 is 9.18 Å². The summed E-state index contributed by atoms with van der Waals surface area (Å²) in [7, 11) is 0. The van der Waals surface area contributed by atoms with Crippen molar-refractivity contribution in [2.45, 2.75) is 25.4 Å². The summed E-state index contributed by atoms with van der Waals surface area (Å²) in [5.74, 6) is -0.309. The Morgan fingerprint density at radius 2 is 2.16 bits per heavy atom. The highest BCUT2D eigenvalue weighted by atomic mass is 19.1. The van der Waals surface area contributed by atoms with E-state index in [-0.39, 0.29) is 17.3 Å². The molecule has 1 aromatic carbocycles. The summed E-state index contributed by atoms with van der Waals surface area (Å²) in [5, 5.41) is 9.35. The molecular formula is C14H20FN3O. The third kappa shape index (κ3) is 4.29. The molecule has 0 radical (unpaired) electrons. The normalized spacial score (nSPS) is 22.4. The van der Waals surface area contributed by atoms with Crippen LogP contribution >= 0.6 is 0 Å². The Hall–Kier alpha value is -1.46. The lowest BCUT2D eigenvalue weighted by atomic mass is 10.0. The molecule has 0 saturated carbocycles. The number of amides is 1. The maximum Gasteiger partial charge on any atom is 0.234 e. The summed E-state index contributed by atoms with van der Waals surface area (Å²) in [4.78, 5) is 11.7. The summed E-state index contributed by atoms with van der Waals surface area (Å²) in [5.41, 5.74) is 0.899. The van der Waals surface area contributed by atoms with Crippen molar-refractivity contribution in [3.63, 3.8) is 0 Å². The molecule has 0 aromatic heterocycles. The smallest absolute Gasteiger partial charge is 0.234 e. The number of rotatable bonds is 5. The van der Waals surface area contributed by atoms with Gasteiger partial charge in [-0.15, -0.1) is 0 Å². The van der Waals surface area contributed by atoms with Crippen molar-refractivity contribution in [3.05, 3.63) is 35.6 Å². The zero-order valence-corrected chi connectivity index (χ0v) is 11.1. The van der Waals surface area contributed by atoms with Crippen LogP contribution in [0, 0.1) is 5.82 Å². The van der Waals surface area contributed by atoms with Crippen LogP contribution in [0.3, 0.4) is 0 Å². The Morgan fingerprint density at radius 3 is 2.79 bits per heavy atom. The molecule has 1 aliphatic rings. The van der Waals surface area contributed by atoms with Gasteiger partial charge in [0.2, 0.25) is 5.91 Å². The van der Waals surface area contributed by atoms with Crippen LogP contribution in [0.5, 0.6) is 0 Å². The van der Waals surface area contributed by atoms with Crippen LogP contribution in [0.25, 0.3) is 0 Å². The van der Waals surface area contributed by atoms with Crippen molar-refractivity contribution >= 4 is 5.91 Å². The Morgan fingerprint density at radius 1 is 1.42 bits per heavy atom. The molecule has 1 amide bonds. The highest BCUT2D eigenvalue weighted by Gasteiger charge is 2.27. The Bertz CT molecular complexity index is 427. The maximum absolute atomic E-state index is 12.7. The van der Waals surface area contributed by atoms with Gasteiger partial charge >= 0.3 is 0 Å². The quantitative estimate of drug-likeness (QED) is 0.737. The van der Waals surface area contributed by atoms with Gasteiger partial charge in [-0.25, -0.2) is 4.39 Å². The minimum atomic E-state index is -0.265. The second-order valence-corrected chi connectivity index (χ2v) is 5.24. The molecule has 0 spiro atoms. The molecule has 2 rings (SSSR count). The van der Waals surface area contributed by atoms with Gasteiger partial charge in [-0.3, -0.25) is 4.79 Å². The lowest BCUT2D eigenvalue weighted by molar-refractivity contribution is -0.120. The summed E-state index contributed by atoms with van der Waals surface area (Å²) < 4.78 is 12.7. The summed E-state index contributed by atoms with van der Waals surface area (Å²) in [6.45, 7) is 4.72. The Balaban J connectivity index is 1.71. The van der Waals surface area contributed by atoms with Gasteiger partial charge in [-0.2, -0.15) is 0 Å². The molecule has 1 aliphatic heterocycles. The van der Waals surface area contributed by atoms with Crippen LogP contribution in [-0.2, 0) is 11.3 Å². The van der Waals surface area contributed by atoms with Gasteiger partial charge < -0.3 is 16.0 Å². The van der Waals surface area contributed by atoms with E-state index in [4.69, 9.17) is 0 Å². The number of carbonyl (C=O) groups is 1. The SMILES string of the molecule is CC1(NCC(=O)NCc2ccc(F)cc2)CCNC1. The predicted octanol–water partition coefficient (Wildman–Crippen LogP) is 0.783. The molecule has 1 saturated heterocycles. The predicted molar refractivity (Wildman–Crippen MR) is 72.1 cm³/mol. The van der Waals surface area contributed by atoms with E-state index in [1.807, 2.05) is 0 Å². The average molecular weight is 265 g/mol. The zero-order valence-electron chi connectivity index (χ0n) is 11.1. The van der Waals surface area contributed by atoms with E-state index >= 15 is 0 Å². The van der Waals surface area contributed by atoms with Crippen molar-refractivity contribution in [3.8, 4) is 0 Å². The van der Waals surface area contributed by atoms with E-state index in [1.165, 1.54) is 12.1 Å². The fraction of sp³-hybridized carbons (Fsp3) is 0.500. The molecular weight excluding hydrogens is 245 g/mol. The van der Waals surface area contributed by atoms with Gasteiger partial charge in [-0.1, -0.05) is 12.1 Å². The average Bonchev–Trinajstić information content (AvgIpc) is 2.83. The monoisotopic (exact) mass is 265 g/mol. The summed E-state index contributed by atoms with van der Waals surface area (Å²) >= 11 is 0. The molecule has 3 N–H and O–H groups in total. The molecule has 0 aliphatic carbocycles. The summed E-state index contributed by atoms with van der Waals surface area (Å²) in [6, 6.07) is 6.13. The summed E-state index contributed by atoms with van der Waals surface area (Å²) in [6.07, 6.45) is 1.03. The van der Waals surface area contributed by atoms with Crippen molar-refractivity contribution in [1.29, 1.82) is 0 Å². The molecule has 104 valence electrons. The van der Waals surface area contributed by atoms with Crippen LogP contribution in [-0.4, -0.2) is 31.1 Å². The largest absolute Gasteiger partial charge is 0.351 e. The molecule has 1 atom stereocenters. The van der Waals surface area contributed by atoms with Crippen molar-refractivity contribution in [2.24, 2.45) is 0 Å². The number of benzene rings is 1. The minimum absolute atomic E-state index is 0.00716. The minimum Gasteiger partial charge on any atom is -0.351 e. The Kier molecular flexibility index (Phi) is 4.50. The number of hydrogen-bond acceptors (Lipinski definition) is 3. The molecule has 19 heavy (non-hydrogen) atoms. The van der Waals surface area contributed by atoms with Gasteiger partial charge in [0.1, 0.15) is 5.82 Å². The molecule has 5 heteroatoms. The molecule has 1 fully saturated rings. The van der Waals surface area contributed by atoms with Gasteiger partial charge in [0.25, 0.3) is 0 Å². The molecule has 0 bridgehead atoms. The van der Waals surface area contributed by atoms with Crippen LogP contribution in [0.4, 0.5) is 4.39 Å². The topological polar surface area (TPSA) is 53.2 Å². The fourth-order valence-electron chi connectivity index (χ4n) is 2.13. The van der Waals surface area contributed by atoms with E-state index in [0.29, 0.717) is 13.1 Å². The van der Waals surface area contributed by atoms with Gasteiger partial charge in [0.05, 0.1) is 6.54 Å². The first-order valence-electron chi connectivity index (χ1n) is 6.54. The zero-order chi connectivity index (χ0) is 13.7. The van der Waals surface area contributed by atoms with E-state index in [1.54, 1.807) is 12.1 Å². The first-order chi connectivity index (χ1) is 9.07. The highest BCUT2D eigenvalue weighted by molar-refractivity contribution is 5.78. The van der Waals surface area contributed by atoms with Crippen molar-refractivity contribution in [2.75, 3.05) is 19.6 Å². The van der Waals surface area contributed by atoms with Crippen LogP contribution < -0.4 is 16.0 Å². The third-order valence-electron chi connectivity index (χ3n) is 3.45. The number of halogens is 1. The second-order valence-electron chi connectivity index (χ2n) is 5.24. The molecule has 1 unspecified atom stereocenters. The number of carbonyl (C=O) groups excluding carboxylic acids is 1. The van der Waals surface area contributed by atoms with E-state index < -0.39 is 0 Å².